The topological polar surface area (TPSA) is 66.8 Å². The molecule has 0 aromatic heterocycles. The highest BCUT2D eigenvalue weighted by atomic mass is 16.5. The third-order valence-corrected chi connectivity index (χ3v) is 6.83. The van der Waals surface area contributed by atoms with Crippen molar-refractivity contribution in [3.05, 3.63) is 70.8 Å². The number of amides is 1. The van der Waals surface area contributed by atoms with Gasteiger partial charge in [0.2, 0.25) is 0 Å². The smallest absolute Gasteiger partial charge is 0.295 e. The Balaban J connectivity index is 1.71. The summed E-state index contributed by atoms with van der Waals surface area (Å²) in [4.78, 5) is 28.1. The Bertz CT molecular complexity index is 1030. The number of benzene rings is 2. The van der Waals surface area contributed by atoms with Crippen LogP contribution in [-0.2, 0) is 9.59 Å². The second-order valence-corrected chi connectivity index (χ2v) is 9.08. The second-order valence-electron chi connectivity index (χ2n) is 9.08. The number of hydrogen-bond donors (Lipinski definition) is 1. The van der Waals surface area contributed by atoms with Gasteiger partial charge in [0.05, 0.1) is 18.2 Å². The Morgan fingerprint density at radius 1 is 1.03 bits per heavy atom. The Kier molecular flexibility index (Phi) is 7.17. The fourth-order valence-electron chi connectivity index (χ4n) is 5.01. The molecule has 0 bridgehead atoms. The number of rotatable bonds is 8. The average Bonchev–Trinajstić information content (AvgIpc) is 3.44. The number of carbonyl (C=O) groups excluding carboxylic acids is 2. The Morgan fingerprint density at radius 2 is 1.73 bits per heavy atom. The summed E-state index contributed by atoms with van der Waals surface area (Å²) in [5.41, 5.74) is 2.58. The molecule has 2 aliphatic rings. The fourth-order valence-corrected chi connectivity index (χ4v) is 5.01. The molecular formula is C28H33NO4. The summed E-state index contributed by atoms with van der Waals surface area (Å²) in [5, 5.41) is 11.3. The molecule has 33 heavy (non-hydrogen) atoms. The van der Waals surface area contributed by atoms with E-state index in [1.54, 1.807) is 29.2 Å². The van der Waals surface area contributed by atoms with Gasteiger partial charge in [-0.05, 0) is 61.6 Å². The molecule has 2 aromatic carbocycles. The summed E-state index contributed by atoms with van der Waals surface area (Å²) in [6, 6.07) is 14.4. The van der Waals surface area contributed by atoms with Crippen molar-refractivity contribution in [2.75, 3.05) is 6.61 Å². The number of ether oxygens (including phenoxy) is 1. The van der Waals surface area contributed by atoms with Gasteiger partial charge in [0, 0.05) is 11.6 Å². The van der Waals surface area contributed by atoms with Crippen LogP contribution in [0.15, 0.2) is 54.1 Å². The molecule has 0 radical (unpaired) electrons. The predicted molar refractivity (Wildman–Crippen MR) is 129 cm³/mol. The molecule has 1 N–H and O–H groups in total. The maximum atomic E-state index is 13.2. The zero-order chi connectivity index (χ0) is 23.4. The van der Waals surface area contributed by atoms with Gasteiger partial charge in [-0.1, -0.05) is 56.9 Å². The first kappa shape index (κ1) is 23.1. The van der Waals surface area contributed by atoms with Crippen LogP contribution in [0.25, 0.3) is 5.76 Å². The molecule has 5 nitrogen and oxygen atoms in total. The van der Waals surface area contributed by atoms with Gasteiger partial charge < -0.3 is 14.7 Å². The van der Waals surface area contributed by atoms with Crippen molar-refractivity contribution in [2.45, 2.75) is 70.9 Å². The average molecular weight is 448 g/mol. The molecule has 5 heteroatoms. The summed E-state index contributed by atoms with van der Waals surface area (Å²) in [6.07, 6.45) is 7.13. The summed E-state index contributed by atoms with van der Waals surface area (Å²) in [5.74, 6) is -0.510. The molecule has 1 saturated carbocycles. The molecule has 1 unspecified atom stereocenters. The summed E-state index contributed by atoms with van der Waals surface area (Å²) in [6.45, 7) is 4.78. The van der Waals surface area contributed by atoms with Crippen molar-refractivity contribution in [2.24, 2.45) is 0 Å². The Labute approximate surface area is 196 Å². The molecule has 2 aromatic rings. The largest absolute Gasteiger partial charge is 0.507 e. The maximum absolute atomic E-state index is 13.2. The number of Topliss-reactive ketones (excluding diaryl/α,β-unsaturated/α-hetero) is 1. The highest BCUT2D eigenvalue weighted by Gasteiger charge is 2.49. The lowest BCUT2D eigenvalue weighted by Crippen LogP contribution is -2.37. The highest BCUT2D eigenvalue weighted by Crippen LogP contribution is 2.44. The van der Waals surface area contributed by atoms with E-state index in [1.165, 1.54) is 0 Å². The minimum atomic E-state index is -0.604. The van der Waals surface area contributed by atoms with Crippen LogP contribution in [0.1, 0.15) is 74.6 Å². The van der Waals surface area contributed by atoms with E-state index in [0.717, 1.165) is 61.8 Å². The monoisotopic (exact) mass is 447 g/mol. The van der Waals surface area contributed by atoms with Gasteiger partial charge in [0.25, 0.3) is 11.7 Å². The SMILES string of the molecule is CCCCCOc1ccc(/C(O)=C2/C(=O)C(=O)N(C3CCCC3)C2c2ccccc2C)cc1. The molecule has 1 aliphatic carbocycles. The second kappa shape index (κ2) is 10.2. The molecule has 0 spiro atoms. The lowest BCUT2D eigenvalue weighted by atomic mass is 9.92. The van der Waals surface area contributed by atoms with E-state index < -0.39 is 17.7 Å². The van der Waals surface area contributed by atoms with Gasteiger partial charge in [0.15, 0.2) is 0 Å². The van der Waals surface area contributed by atoms with Gasteiger partial charge in [-0.2, -0.15) is 0 Å². The molecule has 174 valence electrons. The van der Waals surface area contributed by atoms with Crippen LogP contribution < -0.4 is 4.74 Å². The van der Waals surface area contributed by atoms with E-state index in [1.807, 2.05) is 31.2 Å². The van der Waals surface area contributed by atoms with Crippen LogP contribution in [0.3, 0.4) is 0 Å². The summed E-state index contributed by atoms with van der Waals surface area (Å²) in [7, 11) is 0. The molecule has 1 heterocycles. The van der Waals surface area contributed by atoms with Crippen molar-refractivity contribution < 1.29 is 19.4 Å². The summed E-state index contributed by atoms with van der Waals surface area (Å²) >= 11 is 0. The predicted octanol–water partition coefficient (Wildman–Crippen LogP) is 5.93. The van der Waals surface area contributed by atoms with Crippen molar-refractivity contribution in [1.82, 2.24) is 4.90 Å². The number of aryl methyl sites for hydroxylation is 1. The zero-order valence-electron chi connectivity index (χ0n) is 19.5. The van der Waals surface area contributed by atoms with E-state index in [2.05, 4.69) is 6.92 Å². The van der Waals surface area contributed by atoms with Gasteiger partial charge in [-0.15, -0.1) is 0 Å². The van der Waals surface area contributed by atoms with Crippen LogP contribution in [0.4, 0.5) is 0 Å². The van der Waals surface area contributed by atoms with Crippen molar-refractivity contribution >= 4 is 17.4 Å². The van der Waals surface area contributed by atoms with E-state index in [4.69, 9.17) is 4.74 Å². The number of ketones is 1. The first-order chi connectivity index (χ1) is 16.0. The first-order valence-corrected chi connectivity index (χ1v) is 12.1. The zero-order valence-corrected chi connectivity index (χ0v) is 19.5. The number of likely N-dealkylation sites (tertiary alicyclic amines) is 1. The van der Waals surface area contributed by atoms with E-state index >= 15 is 0 Å². The van der Waals surface area contributed by atoms with Crippen LogP contribution in [0, 0.1) is 6.92 Å². The van der Waals surface area contributed by atoms with Crippen LogP contribution in [0.2, 0.25) is 0 Å². The lowest BCUT2D eigenvalue weighted by molar-refractivity contribution is -0.141. The summed E-state index contributed by atoms with van der Waals surface area (Å²) < 4.78 is 5.77. The third-order valence-electron chi connectivity index (χ3n) is 6.83. The van der Waals surface area contributed by atoms with E-state index in [-0.39, 0.29) is 17.4 Å². The number of unbranched alkanes of at least 4 members (excludes halogenated alkanes) is 2. The van der Waals surface area contributed by atoms with Gasteiger partial charge in [0.1, 0.15) is 11.5 Å². The van der Waals surface area contributed by atoms with Crippen molar-refractivity contribution in [1.29, 1.82) is 0 Å². The van der Waals surface area contributed by atoms with Crippen molar-refractivity contribution in [3.8, 4) is 5.75 Å². The van der Waals surface area contributed by atoms with Crippen molar-refractivity contribution in [3.63, 3.8) is 0 Å². The number of nitrogens with zero attached hydrogens (tertiary/aromatic N) is 1. The van der Waals surface area contributed by atoms with Crippen LogP contribution in [0.5, 0.6) is 5.75 Å². The molecule has 1 atom stereocenters. The van der Waals surface area contributed by atoms with E-state index in [0.29, 0.717) is 12.2 Å². The Hall–Kier alpha value is -3.08. The standard InChI is InChI=1S/C28H33NO4/c1-3-4-9-18-33-22-16-14-20(15-17-22)26(30)24-25(23-13-8-5-10-19(23)2)29(28(32)27(24)31)21-11-6-7-12-21/h5,8,10,13-17,21,25,30H,3-4,6-7,9,11-12,18H2,1-2H3/b26-24-. The number of hydrogen-bond acceptors (Lipinski definition) is 4. The maximum Gasteiger partial charge on any atom is 0.295 e. The Morgan fingerprint density at radius 3 is 2.39 bits per heavy atom. The fraction of sp³-hybridized carbons (Fsp3) is 0.429. The minimum absolute atomic E-state index is 0.0234. The van der Waals surface area contributed by atoms with Gasteiger partial charge in [-0.25, -0.2) is 0 Å². The van der Waals surface area contributed by atoms with Gasteiger partial charge >= 0.3 is 0 Å². The van der Waals surface area contributed by atoms with Crippen LogP contribution >= 0.6 is 0 Å². The number of aliphatic hydroxyl groups excluding tert-OH is 1. The molecular weight excluding hydrogens is 414 g/mol. The normalized spacial score (nSPS) is 20.5. The highest BCUT2D eigenvalue weighted by molar-refractivity contribution is 6.46. The molecule has 2 fully saturated rings. The quantitative estimate of drug-likeness (QED) is 0.236. The molecule has 4 rings (SSSR count). The number of carbonyl (C=O) groups is 2. The van der Waals surface area contributed by atoms with Gasteiger partial charge in [-0.3, -0.25) is 9.59 Å². The minimum Gasteiger partial charge on any atom is -0.507 e. The third kappa shape index (κ3) is 4.68. The van der Waals surface area contributed by atoms with Crippen LogP contribution in [-0.4, -0.2) is 34.3 Å². The molecule has 1 saturated heterocycles. The van der Waals surface area contributed by atoms with E-state index in [9.17, 15) is 14.7 Å². The molecule has 1 aliphatic heterocycles. The first-order valence-electron chi connectivity index (χ1n) is 12.1. The molecule has 1 amide bonds. The lowest BCUT2D eigenvalue weighted by Gasteiger charge is -2.31. The number of aliphatic hydroxyl groups is 1.